The van der Waals surface area contributed by atoms with Crippen molar-refractivity contribution in [3.05, 3.63) is 44.9 Å². The van der Waals surface area contributed by atoms with E-state index in [1.54, 1.807) is 6.92 Å². The molecule has 0 rings (SSSR count). The molecule has 0 saturated carbocycles. The van der Waals surface area contributed by atoms with Gasteiger partial charge in [0.25, 0.3) is 0 Å². The molecule has 0 aliphatic heterocycles. The number of azide groups is 2. The molecule has 6 nitrogen and oxygen atoms in total. The summed E-state index contributed by atoms with van der Waals surface area (Å²) in [5, 5.41) is 6.41. The molecule has 0 aromatic rings. The van der Waals surface area contributed by atoms with Crippen molar-refractivity contribution in [3.8, 4) is 0 Å². The van der Waals surface area contributed by atoms with Crippen LogP contribution in [0.4, 0.5) is 0 Å². The molecule has 0 N–H and O–H groups in total. The molecule has 0 aromatic carbocycles. The quantitative estimate of drug-likeness (QED) is 0.255. The number of hydrogen-bond donors (Lipinski definition) is 0. The highest BCUT2D eigenvalue weighted by Gasteiger charge is 1.93. The minimum Gasteiger partial charge on any atom is -0.0890 e. The molecule has 0 radical (unpaired) electrons. The van der Waals surface area contributed by atoms with E-state index >= 15 is 0 Å². The molecule has 0 saturated heterocycles. The maximum Gasteiger partial charge on any atom is 0.0422 e. The monoisotopic (exact) mass is 150 g/mol. The van der Waals surface area contributed by atoms with Crippen molar-refractivity contribution >= 4 is 0 Å². The van der Waals surface area contributed by atoms with Crippen LogP contribution < -0.4 is 0 Å². The highest BCUT2D eigenvalue weighted by Crippen LogP contribution is 2.10. The van der Waals surface area contributed by atoms with Gasteiger partial charge in [0.1, 0.15) is 0 Å². The van der Waals surface area contributed by atoms with Crippen molar-refractivity contribution in [2.24, 2.45) is 10.2 Å². The summed E-state index contributed by atoms with van der Waals surface area (Å²) in [5.74, 6) is 0. The van der Waals surface area contributed by atoms with Gasteiger partial charge in [-0.05, 0) is 18.0 Å². The largest absolute Gasteiger partial charge is 0.0890 e. The van der Waals surface area contributed by atoms with Gasteiger partial charge in [-0.25, -0.2) is 0 Å². The zero-order valence-corrected chi connectivity index (χ0v) is 5.97. The highest BCUT2D eigenvalue weighted by molar-refractivity contribution is 5.24. The summed E-state index contributed by atoms with van der Waals surface area (Å²) in [5.41, 5.74) is 16.4. The van der Waals surface area contributed by atoms with Gasteiger partial charge in [-0.1, -0.05) is 22.9 Å². The normalized spacial score (nSPS) is 9.36. The Morgan fingerprint density at radius 2 is 1.91 bits per heavy atom. The van der Waals surface area contributed by atoms with Gasteiger partial charge in [0, 0.05) is 21.2 Å². The van der Waals surface area contributed by atoms with E-state index in [1.807, 2.05) is 0 Å². The topological polar surface area (TPSA) is 97.5 Å². The lowest BCUT2D eigenvalue weighted by Gasteiger charge is -1.92. The van der Waals surface area contributed by atoms with Crippen molar-refractivity contribution in [1.82, 2.24) is 0 Å². The first-order valence-electron chi connectivity index (χ1n) is 2.72. The Morgan fingerprint density at radius 3 is 2.27 bits per heavy atom. The molecule has 0 bridgehead atoms. The van der Waals surface area contributed by atoms with Gasteiger partial charge in [0.2, 0.25) is 0 Å². The van der Waals surface area contributed by atoms with Gasteiger partial charge in [-0.2, -0.15) is 0 Å². The van der Waals surface area contributed by atoms with Crippen LogP contribution in [0.1, 0.15) is 6.92 Å². The zero-order valence-electron chi connectivity index (χ0n) is 5.97. The molecular weight excluding hydrogens is 144 g/mol. The van der Waals surface area contributed by atoms with Crippen LogP contribution in [0.15, 0.2) is 34.3 Å². The molecule has 0 spiro atoms. The van der Waals surface area contributed by atoms with Gasteiger partial charge >= 0.3 is 0 Å². The summed E-state index contributed by atoms with van der Waals surface area (Å²) < 4.78 is 0. The molecular formula is C5H6N6. The number of nitrogens with zero attached hydrogens (tertiary/aromatic N) is 6. The summed E-state index contributed by atoms with van der Waals surface area (Å²) in [4.78, 5) is 5.01. The highest BCUT2D eigenvalue weighted by atomic mass is 15.2. The second-order valence-corrected chi connectivity index (χ2v) is 1.50. The Morgan fingerprint density at radius 1 is 1.36 bits per heavy atom. The fourth-order valence-electron chi connectivity index (χ4n) is 0.435. The Labute approximate surface area is 63.1 Å². The molecule has 0 aliphatic rings. The lowest BCUT2D eigenvalue weighted by molar-refractivity contribution is 1.20. The van der Waals surface area contributed by atoms with Gasteiger partial charge in [-0.15, -0.1) is 0 Å². The van der Waals surface area contributed by atoms with Gasteiger partial charge in [0.15, 0.2) is 0 Å². The zero-order chi connectivity index (χ0) is 8.69. The van der Waals surface area contributed by atoms with Crippen LogP contribution in [0, 0.1) is 0 Å². The van der Waals surface area contributed by atoms with E-state index in [0.717, 1.165) is 0 Å². The molecule has 0 aromatic heterocycles. The third-order valence-electron chi connectivity index (χ3n) is 0.887. The molecule has 0 heterocycles. The van der Waals surface area contributed by atoms with E-state index in [1.165, 1.54) is 6.08 Å². The van der Waals surface area contributed by atoms with Crippen LogP contribution in [0.2, 0.25) is 0 Å². The van der Waals surface area contributed by atoms with E-state index in [9.17, 15) is 0 Å². The molecule has 0 unspecified atom stereocenters. The average molecular weight is 150 g/mol. The molecule has 6 heteroatoms. The van der Waals surface area contributed by atoms with Gasteiger partial charge < -0.3 is 0 Å². The second kappa shape index (κ2) is 4.93. The van der Waals surface area contributed by atoms with Gasteiger partial charge in [0.05, 0.1) is 0 Å². The molecule has 0 fully saturated rings. The predicted molar refractivity (Wildman–Crippen MR) is 41.2 cm³/mol. The van der Waals surface area contributed by atoms with E-state index < -0.39 is 0 Å². The first kappa shape index (κ1) is 9.10. The summed E-state index contributed by atoms with van der Waals surface area (Å²) in [6.45, 7) is 5.04. The van der Waals surface area contributed by atoms with E-state index in [4.69, 9.17) is 11.1 Å². The predicted octanol–water partition coefficient (Wildman–Crippen LogP) is 3.02. The van der Waals surface area contributed by atoms with E-state index in [-0.39, 0.29) is 11.4 Å². The fourth-order valence-corrected chi connectivity index (χ4v) is 0.435. The Balaban J connectivity index is 4.67. The third kappa shape index (κ3) is 2.95. The van der Waals surface area contributed by atoms with Crippen molar-refractivity contribution in [2.75, 3.05) is 0 Å². The minimum atomic E-state index is 0.118. The number of allylic oxidation sites excluding steroid dienone is 1. The minimum absolute atomic E-state index is 0.118. The smallest absolute Gasteiger partial charge is 0.0422 e. The summed E-state index contributed by atoms with van der Waals surface area (Å²) in [6.07, 6.45) is 1.51. The molecule has 0 atom stereocenters. The van der Waals surface area contributed by atoms with Crippen LogP contribution >= 0.6 is 0 Å². The van der Waals surface area contributed by atoms with Crippen LogP contribution in [0.5, 0.6) is 0 Å². The lowest BCUT2D eigenvalue weighted by atomic mass is 10.3. The maximum absolute atomic E-state index is 8.03. The fraction of sp³-hybridized carbons (Fsp3) is 0.200. The Kier molecular flexibility index (Phi) is 4.08. The summed E-state index contributed by atoms with van der Waals surface area (Å²) in [7, 11) is 0. The van der Waals surface area contributed by atoms with Crippen molar-refractivity contribution in [2.45, 2.75) is 6.92 Å². The second-order valence-electron chi connectivity index (χ2n) is 1.50. The van der Waals surface area contributed by atoms with Crippen molar-refractivity contribution < 1.29 is 0 Å². The standard InChI is InChI=1S/C5H6N6/c1-3-5(9-11-7)4(2)8-10-6/h3H,2H2,1H3/b5-3+. The Hall–Kier alpha value is -1.90. The molecule has 0 aliphatic carbocycles. The third-order valence-corrected chi connectivity index (χ3v) is 0.887. The Bertz CT molecular complexity index is 275. The van der Waals surface area contributed by atoms with Gasteiger partial charge in [-0.3, -0.25) is 0 Å². The molecule has 11 heavy (non-hydrogen) atoms. The van der Waals surface area contributed by atoms with Crippen LogP contribution in [-0.4, -0.2) is 0 Å². The van der Waals surface area contributed by atoms with Crippen molar-refractivity contribution in [1.29, 1.82) is 0 Å². The average Bonchev–Trinajstić information content (AvgIpc) is 2.00. The first-order valence-corrected chi connectivity index (χ1v) is 2.72. The van der Waals surface area contributed by atoms with Crippen LogP contribution in [0.25, 0.3) is 20.9 Å². The van der Waals surface area contributed by atoms with Crippen molar-refractivity contribution in [3.63, 3.8) is 0 Å². The molecule has 0 amide bonds. The molecule has 56 valence electrons. The van der Waals surface area contributed by atoms with Crippen LogP contribution in [-0.2, 0) is 0 Å². The SMILES string of the molecule is C=C(N=[N+]=[N-])/C(=C\C)N=[N+]=[N-]. The summed E-state index contributed by atoms with van der Waals surface area (Å²) >= 11 is 0. The lowest BCUT2D eigenvalue weighted by Crippen LogP contribution is -1.76. The summed E-state index contributed by atoms with van der Waals surface area (Å²) in [6, 6.07) is 0. The number of rotatable bonds is 3. The first-order chi connectivity index (χ1) is 5.26. The van der Waals surface area contributed by atoms with Crippen LogP contribution in [0.3, 0.4) is 0 Å². The number of hydrogen-bond acceptors (Lipinski definition) is 2. The maximum atomic E-state index is 8.03. The van der Waals surface area contributed by atoms with E-state index in [0.29, 0.717) is 0 Å². The van der Waals surface area contributed by atoms with E-state index in [2.05, 4.69) is 26.6 Å².